The number of nitrogens with zero attached hydrogens (tertiary/aromatic N) is 2. The van der Waals surface area contributed by atoms with Gasteiger partial charge in [0, 0.05) is 49.3 Å². The third-order valence-electron chi connectivity index (χ3n) is 17.9. The van der Waals surface area contributed by atoms with E-state index in [0.717, 1.165) is 29.8 Å². The molecule has 0 fully saturated rings. The quantitative estimate of drug-likeness (QED) is 0.161. The zero-order chi connectivity index (χ0) is 49.9. The Bertz CT molecular complexity index is 3790. The number of hydrogen-bond donors (Lipinski definition) is 0. The first-order chi connectivity index (χ1) is 33.4. The molecule has 2 aliphatic heterocycles. The predicted octanol–water partition coefficient (Wildman–Crippen LogP) is 17.2. The molecule has 0 radical (unpaired) electrons. The van der Waals surface area contributed by atoms with Crippen LogP contribution in [0.4, 0.5) is 17.1 Å². The van der Waals surface area contributed by atoms with Crippen LogP contribution in [0.25, 0.3) is 66.2 Å². The number of furan rings is 1. The van der Waals surface area contributed by atoms with Crippen molar-refractivity contribution >= 4 is 67.8 Å². The van der Waals surface area contributed by atoms with Crippen LogP contribution in [0.1, 0.15) is 156 Å². The van der Waals surface area contributed by atoms with Gasteiger partial charge in [0.2, 0.25) is 0 Å². The molecule has 0 unspecified atom stereocenters. The van der Waals surface area contributed by atoms with Gasteiger partial charge >= 0.3 is 6.85 Å². The van der Waals surface area contributed by atoms with Gasteiger partial charge in [-0.05, 0) is 156 Å². The van der Waals surface area contributed by atoms with Crippen molar-refractivity contribution < 1.29 is 4.42 Å². The summed E-state index contributed by atoms with van der Waals surface area (Å²) in [5.74, 6) is 0. The fourth-order valence-electron chi connectivity index (χ4n) is 13.5. The Hall–Kier alpha value is -6.26. The van der Waals surface area contributed by atoms with Crippen LogP contribution >= 0.6 is 0 Å². The van der Waals surface area contributed by atoms with Gasteiger partial charge in [-0.3, -0.25) is 0 Å². The number of fused-ring (bicyclic) bond motifs is 14. The lowest BCUT2D eigenvalue weighted by atomic mass is 9.47. The summed E-state index contributed by atoms with van der Waals surface area (Å²) in [5.41, 5.74) is 26.5. The lowest BCUT2D eigenvalue weighted by Crippen LogP contribution is -2.56. The minimum Gasteiger partial charge on any atom is -0.466 e. The van der Waals surface area contributed by atoms with Crippen molar-refractivity contribution in [3.8, 4) is 33.4 Å². The molecule has 0 amide bonds. The smallest absolute Gasteiger partial charge is 0.376 e. The van der Waals surface area contributed by atoms with Crippen LogP contribution in [-0.4, -0.2) is 11.3 Å². The van der Waals surface area contributed by atoms with Gasteiger partial charge in [0.05, 0.1) is 17.1 Å². The molecular formula is C67H69BN2O. The van der Waals surface area contributed by atoms with Crippen LogP contribution in [-0.2, 0) is 32.5 Å². The molecule has 4 heteroatoms. The summed E-state index contributed by atoms with van der Waals surface area (Å²) in [4.78, 5) is 2.72. The molecule has 13 rings (SSSR count). The Morgan fingerprint density at radius 2 is 1.10 bits per heavy atom. The summed E-state index contributed by atoms with van der Waals surface area (Å²) < 4.78 is 10.5. The molecule has 2 aliphatic carbocycles. The van der Waals surface area contributed by atoms with E-state index in [2.05, 4.69) is 235 Å². The van der Waals surface area contributed by atoms with Crippen LogP contribution in [0.3, 0.4) is 0 Å². The van der Waals surface area contributed by atoms with Gasteiger partial charge in [0.25, 0.3) is 0 Å². The summed E-state index contributed by atoms with van der Waals surface area (Å²) in [5, 5.41) is 3.83. The van der Waals surface area contributed by atoms with E-state index in [1.54, 1.807) is 0 Å². The van der Waals surface area contributed by atoms with E-state index in [4.69, 9.17) is 4.42 Å². The molecule has 0 N–H and O–H groups in total. The van der Waals surface area contributed by atoms with Crippen LogP contribution in [0, 0.1) is 0 Å². The molecule has 2 aromatic heterocycles. The van der Waals surface area contributed by atoms with Gasteiger partial charge in [-0.2, -0.15) is 0 Å². The molecule has 4 heterocycles. The average molecular weight is 929 g/mol. The fourth-order valence-corrected chi connectivity index (χ4v) is 13.5. The van der Waals surface area contributed by atoms with Crippen molar-refractivity contribution in [2.24, 2.45) is 0 Å². The normalized spacial score (nSPS) is 17.1. The van der Waals surface area contributed by atoms with Gasteiger partial charge in [0.15, 0.2) is 0 Å². The van der Waals surface area contributed by atoms with Gasteiger partial charge in [0.1, 0.15) is 11.2 Å². The zero-order valence-electron chi connectivity index (χ0n) is 44.8. The number of rotatable bonds is 2. The number of benzene rings is 7. The van der Waals surface area contributed by atoms with Crippen LogP contribution in [0.2, 0.25) is 0 Å². The van der Waals surface area contributed by atoms with Crippen molar-refractivity contribution in [1.29, 1.82) is 0 Å². The van der Waals surface area contributed by atoms with Crippen molar-refractivity contribution in [3.05, 3.63) is 160 Å². The van der Waals surface area contributed by atoms with E-state index in [1.807, 2.05) is 0 Å². The molecule has 356 valence electrons. The van der Waals surface area contributed by atoms with Crippen LogP contribution in [0.5, 0.6) is 0 Å². The van der Waals surface area contributed by atoms with Gasteiger partial charge in [-0.25, -0.2) is 0 Å². The van der Waals surface area contributed by atoms with Gasteiger partial charge < -0.3 is 13.8 Å². The summed E-state index contributed by atoms with van der Waals surface area (Å²) in [6.07, 6.45) is 2.28. The topological polar surface area (TPSA) is 21.3 Å². The van der Waals surface area contributed by atoms with Crippen molar-refractivity contribution in [1.82, 2.24) is 4.48 Å². The van der Waals surface area contributed by atoms with Gasteiger partial charge in [-0.15, -0.1) is 0 Å². The van der Waals surface area contributed by atoms with Crippen LogP contribution in [0.15, 0.2) is 126 Å². The first kappa shape index (κ1) is 44.7. The van der Waals surface area contributed by atoms with Crippen molar-refractivity contribution in [2.45, 2.75) is 149 Å². The minimum atomic E-state index is -0.253. The second-order valence-electron chi connectivity index (χ2n) is 26.9. The summed E-state index contributed by atoms with van der Waals surface area (Å²) in [6.45, 7) is 35.7. The molecule has 4 aliphatic rings. The Labute approximate surface area is 422 Å². The molecule has 0 atom stereocenters. The lowest BCUT2D eigenvalue weighted by molar-refractivity contribution is 0.332. The highest BCUT2D eigenvalue weighted by Gasteiger charge is 2.52. The van der Waals surface area contributed by atoms with E-state index in [0.29, 0.717) is 0 Å². The van der Waals surface area contributed by atoms with E-state index < -0.39 is 0 Å². The third-order valence-corrected chi connectivity index (χ3v) is 17.9. The monoisotopic (exact) mass is 929 g/mol. The maximum Gasteiger partial charge on any atom is 0.376 e. The molecule has 0 saturated carbocycles. The number of aromatic nitrogens is 1. The molecular weight excluding hydrogens is 860 g/mol. The third kappa shape index (κ3) is 6.09. The van der Waals surface area contributed by atoms with E-state index in [1.165, 1.54) is 116 Å². The SMILES string of the molecule is CC(C)(C)c1ccc(N2c3c4c(cc5c3-c3ccccc3C5(C)C)-c3cc(C(C)(C)C)cc5c6cc(C(C)(C)C)ccc6n(c35)B4c3oc4cc5c(cc4c32)C(C)(C)CCC5(C)C)c(-c2ccccc2)c1. The summed E-state index contributed by atoms with van der Waals surface area (Å²) in [6, 6.07) is 47.8. The first-order valence-electron chi connectivity index (χ1n) is 26.4. The second-order valence-corrected chi connectivity index (χ2v) is 26.9. The number of hydrogen-bond acceptors (Lipinski definition) is 2. The Morgan fingerprint density at radius 3 is 1.79 bits per heavy atom. The molecule has 0 spiro atoms. The van der Waals surface area contributed by atoms with Crippen molar-refractivity contribution in [2.75, 3.05) is 4.90 Å². The summed E-state index contributed by atoms with van der Waals surface area (Å²) in [7, 11) is 0. The zero-order valence-corrected chi connectivity index (χ0v) is 44.8. The van der Waals surface area contributed by atoms with E-state index >= 15 is 0 Å². The lowest BCUT2D eigenvalue weighted by Gasteiger charge is -2.42. The highest BCUT2D eigenvalue weighted by atomic mass is 16.3. The molecule has 0 bridgehead atoms. The molecule has 3 nitrogen and oxygen atoms in total. The molecule has 0 saturated heterocycles. The second kappa shape index (κ2) is 14.0. The van der Waals surface area contributed by atoms with Gasteiger partial charge in [-0.1, -0.05) is 171 Å². The Balaban J connectivity index is 1.28. The maximum atomic E-state index is 7.83. The number of anilines is 3. The standard InChI is InChI=1S/C67H69BN2O/c1-62(2,3)39-25-27-53(43(31-39)38-21-17-16-18-22-38)69-59-48-36-50-51(66(12,13)30-29-65(50,10)11)37-55(48)71-61(59)68-57-45(35-52-56(60(57)69)42-23-19-20-24-49(42)67(52,14)15)47-34-41(64(7,8)9)33-46-44-32-40(63(4,5)6)26-28-54(44)70(68)58(46)47/h16-28,31-37H,29-30H2,1-15H3. The molecule has 7 aromatic carbocycles. The van der Waals surface area contributed by atoms with E-state index in [9.17, 15) is 0 Å². The highest BCUT2D eigenvalue weighted by Crippen LogP contribution is 2.60. The Kier molecular flexibility index (Phi) is 8.83. The molecule has 9 aromatic rings. The van der Waals surface area contributed by atoms with E-state index in [-0.39, 0.29) is 39.3 Å². The fraction of sp³-hybridized carbons (Fsp3) is 0.343. The van der Waals surface area contributed by atoms with Crippen LogP contribution < -0.4 is 16.0 Å². The highest BCUT2D eigenvalue weighted by molar-refractivity contribution is 6.89. The minimum absolute atomic E-state index is 0.00360. The Morgan fingerprint density at radius 1 is 0.493 bits per heavy atom. The molecule has 71 heavy (non-hydrogen) atoms. The van der Waals surface area contributed by atoms with Crippen molar-refractivity contribution in [3.63, 3.8) is 0 Å². The largest absolute Gasteiger partial charge is 0.466 e. The first-order valence-corrected chi connectivity index (χ1v) is 26.4. The summed E-state index contributed by atoms with van der Waals surface area (Å²) >= 11 is 0. The predicted molar refractivity (Wildman–Crippen MR) is 304 cm³/mol. The average Bonchev–Trinajstić information content (AvgIpc) is 3.93. The maximum absolute atomic E-state index is 7.83.